The summed E-state index contributed by atoms with van der Waals surface area (Å²) in [5.41, 5.74) is 0.407. The van der Waals surface area contributed by atoms with Gasteiger partial charge in [0.2, 0.25) is 10.0 Å². The van der Waals surface area contributed by atoms with Crippen LogP contribution in [-0.2, 0) is 14.8 Å². The predicted octanol–water partition coefficient (Wildman–Crippen LogP) is 3.57. The summed E-state index contributed by atoms with van der Waals surface area (Å²) in [6, 6.07) is 9.11. The van der Waals surface area contributed by atoms with Crippen LogP contribution in [0.15, 0.2) is 47.4 Å². The van der Waals surface area contributed by atoms with Crippen LogP contribution in [0.3, 0.4) is 0 Å². The summed E-state index contributed by atoms with van der Waals surface area (Å²) in [5.74, 6) is -0.792. The highest BCUT2D eigenvalue weighted by molar-refractivity contribution is 7.89. The van der Waals surface area contributed by atoms with E-state index in [9.17, 15) is 17.6 Å². The maximum Gasteiger partial charge on any atom is 0.265 e. The number of carbonyl (C=O) groups excluding carboxylic acids is 1. The Labute approximate surface area is 162 Å². The quantitative estimate of drug-likeness (QED) is 0.725. The maximum absolute atomic E-state index is 13.1. The van der Waals surface area contributed by atoms with Gasteiger partial charge >= 0.3 is 0 Å². The van der Waals surface area contributed by atoms with Crippen LogP contribution >= 0.6 is 11.6 Å². The van der Waals surface area contributed by atoms with E-state index in [1.165, 1.54) is 43.3 Å². The Morgan fingerprint density at radius 3 is 2.30 bits per heavy atom. The third-order valence-electron chi connectivity index (χ3n) is 3.39. The number of benzene rings is 2. The molecular weight excluding hydrogens is 395 g/mol. The van der Waals surface area contributed by atoms with Gasteiger partial charge in [0.25, 0.3) is 5.91 Å². The van der Waals surface area contributed by atoms with Gasteiger partial charge in [-0.15, -0.1) is 0 Å². The third kappa shape index (κ3) is 5.92. The van der Waals surface area contributed by atoms with Crippen LogP contribution in [0, 0.1) is 5.82 Å². The Balaban J connectivity index is 2.02. The second-order valence-corrected chi connectivity index (χ2v) is 8.25. The lowest BCUT2D eigenvalue weighted by molar-refractivity contribution is -0.122. The zero-order chi connectivity index (χ0) is 20.2. The molecule has 2 rings (SSSR count). The molecule has 2 N–H and O–H groups in total. The van der Waals surface area contributed by atoms with Gasteiger partial charge < -0.3 is 10.1 Å². The fourth-order valence-electron chi connectivity index (χ4n) is 2.15. The number of carbonyl (C=O) groups is 1. The Morgan fingerprint density at radius 2 is 1.74 bits per heavy atom. The summed E-state index contributed by atoms with van der Waals surface area (Å²) >= 11 is 5.87. The molecule has 0 saturated heterocycles. The Hall–Kier alpha value is -2.16. The molecule has 0 fully saturated rings. The first-order valence-electron chi connectivity index (χ1n) is 8.13. The molecule has 0 aliphatic carbocycles. The molecular formula is C18H20ClFN2O4S. The van der Waals surface area contributed by atoms with E-state index in [-0.39, 0.29) is 21.7 Å². The van der Waals surface area contributed by atoms with Gasteiger partial charge in [-0.3, -0.25) is 4.79 Å². The van der Waals surface area contributed by atoms with Crippen LogP contribution in [0.25, 0.3) is 0 Å². The molecule has 0 unspecified atom stereocenters. The monoisotopic (exact) mass is 414 g/mol. The van der Waals surface area contributed by atoms with Gasteiger partial charge in [0.15, 0.2) is 6.10 Å². The summed E-state index contributed by atoms with van der Waals surface area (Å²) in [5, 5.41) is 2.67. The lowest BCUT2D eigenvalue weighted by atomic mass is 10.3. The average Bonchev–Trinajstić information content (AvgIpc) is 2.56. The number of anilines is 1. The van der Waals surface area contributed by atoms with Crippen LogP contribution in [0.4, 0.5) is 10.1 Å². The second-order valence-electron chi connectivity index (χ2n) is 6.12. The highest BCUT2D eigenvalue weighted by Crippen LogP contribution is 2.26. The number of ether oxygens (including phenoxy) is 1. The van der Waals surface area contributed by atoms with Gasteiger partial charge in [0, 0.05) is 11.7 Å². The molecule has 2 aromatic carbocycles. The van der Waals surface area contributed by atoms with Crippen molar-refractivity contribution in [2.24, 2.45) is 0 Å². The van der Waals surface area contributed by atoms with E-state index in [2.05, 4.69) is 10.0 Å². The van der Waals surface area contributed by atoms with Crippen LogP contribution in [0.2, 0.25) is 5.02 Å². The van der Waals surface area contributed by atoms with Crippen molar-refractivity contribution in [2.75, 3.05) is 5.32 Å². The van der Waals surface area contributed by atoms with Crippen molar-refractivity contribution in [3.63, 3.8) is 0 Å². The molecule has 146 valence electrons. The van der Waals surface area contributed by atoms with Crippen LogP contribution in [-0.4, -0.2) is 26.5 Å². The fraction of sp³-hybridized carbons (Fsp3) is 0.278. The maximum atomic E-state index is 13.1. The molecule has 6 nitrogen and oxygen atoms in total. The summed E-state index contributed by atoms with van der Waals surface area (Å²) in [7, 11) is -3.60. The zero-order valence-electron chi connectivity index (χ0n) is 15.0. The molecule has 0 heterocycles. The standard InChI is InChI=1S/C18H20ClFN2O4S/c1-11(2)22-27(24,25)15-7-5-14(6-8-15)21-18(23)12(3)26-17-9-4-13(20)10-16(17)19/h4-12,22H,1-3H3,(H,21,23)/t12-/m0/s1. The third-order valence-corrected chi connectivity index (χ3v) is 5.36. The van der Waals surface area contributed by atoms with Crippen LogP contribution in [0.5, 0.6) is 5.75 Å². The predicted molar refractivity (Wildman–Crippen MR) is 102 cm³/mol. The number of sulfonamides is 1. The van der Waals surface area contributed by atoms with Crippen LogP contribution < -0.4 is 14.8 Å². The number of halogens is 2. The molecule has 0 radical (unpaired) electrons. The SMILES string of the molecule is CC(C)NS(=O)(=O)c1ccc(NC(=O)[C@H](C)Oc2ccc(F)cc2Cl)cc1. The molecule has 27 heavy (non-hydrogen) atoms. The minimum absolute atomic E-state index is 0.0573. The van der Waals surface area contributed by atoms with Gasteiger partial charge in [-0.1, -0.05) is 11.6 Å². The zero-order valence-corrected chi connectivity index (χ0v) is 16.6. The van der Waals surface area contributed by atoms with Crippen molar-refractivity contribution in [1.29, 1.82) is 0 Å². The number of nitrogens with one attached hydrogen (secondary N) is 2. The van der Waals surface area contributed by atoms with Crippen molar-refractivity contribution in [1.82, 2.24) is 4.72 Å². The molecule has 0 bridgehead atoms. The molecule has 1 amide bonds. The summed E-state index contributed by atoms with van der Waals surface area (Å²) < 4.78 is 45.1. The van der Waals surface area contributed by atoms with Gasteiger partial charge in [0.05, 0.1) is 9.92 Å². The number of hydrogen-bond donors (Lipinski definition) is 2. The topological polar surface area (TPSA) is 84.5 Å². The Kier molecular flexibility index (Phi) is 6.80. The minimum atomic E-state index is -3.60. The van der Waals surface area contributed by atoms with E-state index in [1.807, 2.05) is 0 Å². The number of hydrogen-bond acceptors (Lipinski definition) is 4. The lowest BCUT2D eigenvalue weighted by Gasteiger charge is -2.16. The average molecular weight is 415 g/mol. The van der Waals surface area contributed by atoms with Gasteiger partial charge in [-0.05, 0) is 63.2 Å². The van der Waals surface area contributed by atoms with Gasteiger partial charge in [-0.25, -0.2) is 17.5 Å². The van der Waals surface area contributed by atoms with Gasteiger partial charge in [-0.2, -0.15) is 0 Å². The van der Waals surface area contributed by atoms with Crippen molar-refractivity contribution < 1.29 is 22.3 Å². The van der Waals surface area contributed by atoms with E-state index in [4.69, 9.17) is 16.3 Å². The first kappa shape index (κ1) is 21.1. The molecule has 1 atom stereocenters. The number of rotatable bonds is 7. The molecule has 9 heteroatoms. The Morgan fingerprint density at radius 1 is 1.11 bits per heavy atom. The molecule has 0 spiro atoms. The largest absolute Gasteiger partial charge is 0.479 e. The molecule has 2 aromatic rings. The molecule has 0 saturated carbocycles. The molecule has 0 aliphatic rings. The fourth-order valence-corrected chi connectivity index (χ4v) is 3.62. The van der Waals surface area contributed by atoms with Crippen LogP contribution in [0.1, 0.15) is 20.8 Å². The lowest BCUT2D eigenvalue weighted by Crippen LogP contribution is -2.31. The summed E-state index contributed by atoms with van der Waals surface area (Å²) in [6.45, 7) is 4.96. The smallest absolute Gasteiger partial charge is 0.265 e. The first-order valence-corrected chi connectivity index (χ1v) is 9.99. The normalized spacial score (nSPS) is 12.7. The second kappa shape index (κ2) is 8.69. The molecule has 0 aliphatic heterocycles. The molecule has 0 aromatic heterocycles. The van der Waals surface area contributed by atoms with Crippen molar-refractivity contribution in [3.8, 4) is 5.75 Å². The van der Waals surface area contributed by atoms with E-state index < -0.39 is 27.9 Å². The first-order chi connectivity index (χ1) is 12.6. The number of amides is 1. The highest BCUT2D eigenvalue weighted by atomic mass is 35.5. The van der Waals surface area contributed by atoms with Crippen molar-refractivity contribution in [3.05, 3.63) is 53.3 Å². The highest BCUT2D eigenvalue weighted by Gasteiger charge is 2.18. The Bertz CT molecular complexity index is 917. The van der Waals surface area contributed by atoms with E-state index >= 15 is 0 Å². The minimum Gasteiger partial charge on any atom is -0.479 e. The van der Waals surface area contributed by atoms with Crippen molar-refractivity contribution >= 4 is 33.2 Å². The van der Waals surface area contributed by atoms with E-state index in [1.54, 1.807) is 13.8 Å². The summed E-state index contributed by atoms with van der Waals surface area (Å²) in [4.78, 5) is 12.3. The summed E-state index contributed by atoms with van der Waals surface area (Å²) in [6.07, 6.45) is -0.904. The van der Waals surface area contributed by atoms with E-state index in [0.29, 0.717) is 5.69 Å². The van der Waals surface area contributed by atoms with Crippen molar-refractivity contribution in [2.45, 2.75) is 37.8 Å². The van der Waals surface area contributed by atoms with Gasteiger partial charge in [0.1, 0.15) is 11.6 Å². The van der Waals surface area contributed by atoms with E-state index in [0.717, 1.165) is 6.07 Å².